The summed E-state index contributed by atoms with van der Waals surface area (Å²) in [7, 11) is 0. The van der Waals surface area contributed by atoms with E-state index in [1.807, 2.05) is 30.0 Å². The van der Waals surface area contributed by atoms with Crippen LogP contribution in [0.15, 0.2) is 59.8 Å². The predicted molar refractivity (Wildman–Crippen MR) is 113 cm³/mol. The molecule has 0 spiro atoms. The van der Waals surface area contributed by atoms with E-state index in [2.05, 4.69) is 47.1 Å². The maximum Gasteiger partial charge on any atom is 0.254 e. The molecular weight excluding hydrogens is 364 g/mol. The first kappa shape index (κ1) is 17.9. The van der Waals surface area contributed by atoms with Gasteiger partial charge >= 0.3 is 0 Å². The van der Waals surface area contributed by atoms with Crippen LogP contribution < -0.4 is 5.32 Å². The maximum atomic E-state index is 13.6. The fourth-order valence-electron chi connectivity index (χ4n) is 4.24. The number of carbonyl (C=O) groups is 1. The Kier molecular flexibility index (Phi) is 4.36. The van der Waals surface area contributed by atoms with Gasteiger partial charge in [-0.1, -0.05) is 42.0 Å². The van der Waals surface area contributed by atoms with Crippen LogP contribution in [0.2, 0.25) is 0 Å². The Bertz CT molecular complexity index is 1110. The fraction of sp³-hybridized carbons (Fsp3) is 0.304. The van der Waals surface area contributed by atoms with Crippen molar-refractivity contribution in [3.05, 3.63) is 70.9 Å². The summed E-state index contributed by atoms with van der Waals surface area (Å²) >= 11 is 0. The highest BCUT2D eigenvalue weighted by Gasteiger charge is 2.36. The van der Waals surface area contributed by atoms with E-state index in [0.29, 0.717) is 26.3 Å². The molecule has 2 aromatic carbocycles. The molecule has 0 aliphatic carbocycles. The Morgan fingerprint density at radius 1 is 1.07 bits per heavy atom. The minimum atomic E-state index is -0.227. The minimum Gasteiger partial charge on any atom is -0.378 e. The molecule has 3 aromatic rings. The summed E-state index contributed by atoms with van der Waals surface area (Å²) in [5.74, 6) is 0.833. The van der Waals surface area contributed by atoms with Gasteiger partial charge < -0.3 is 15.0 Å². The summed E-state index contributed by atoms with van der Waals surface area (Å²) in [6, 6.07) is 16.3. The number of rotatable bonds is 2. The Labute approximate surface area is 169 Å². The number of nitrogens with one attached hydrogen (secondary N) is 1. The number of nitrogens with zero attached hydrogens (tertiary/aromatic N) is 3. The maximum absolute atomic E-state index is 13.6. The Hall–Kier alpha value is -3.12. The third-order valence-electron chi connectivity index (χ3n) is 5.75. The number of anilines is 1. The summed E-state index contributed by atoms with van der Waals surface area (Å²) in [4.78, 5) is 20.3. The number of morpholine rings is 1. The molecule has 1 atom stereocenters. The van der Waals surface area contributed by atoms with E-state index in [1.165, 1.54) is 5.56 Å². The van der Waals surface area contributed by atoms with Gasteiger partial charge in [-0.05, 0) is 31.5 Å². The van der Waals surface area contributed by atoms with E-state index in [0.717, 1.165) is 33.8 Å². The van der Waals surface area contributed by atoms with Gasteiger partial charge in [0.25, 0.3) is 5.91 Å². The third kappa shape index (κ3) is 3.00. The molecule has 0 bridgehead atoms. The van der Waals surface area contributed by atoms with Crippen LogP contribution in [0.3, 0.4) is 0 Å². The van der Waals surface area contributed by atoms with E-state index in [4.69, 9.17) is 9.72 Å². The Morgan fingerprint density at radius 2 is 1.79 bits per heavy atom. The average molecular weight is 388 g/mol. The summed E-state index contributed by atoms with van der Waals surface area (Å²) in [6.45, 7) is 6.45. The van der Waals surface area contributed by atoms with Crippen LogP contribution in [0.5, 0.6) is 0 Å². The summed E-state index contributed by atoms with van der Waals surface area (Å²) in [5, 5.41) is 3.38. The topological polar surface area (TPSA) is 59.4 Å². The number of aromatic nitrogens is 2. The van der Waals surface area contributed by atoms with Crippen molar-refractivity contribution in [1.82, 2.24) is 14.5 Å². The first-order valence-corrected chi connectivity index (χ1v) is 10.0. The van der Waals surface area contributed by atoms with Gasteiger partial charge in [0.05, 0.1) is 35.9 Å². The predicted octanol–water partition coefficient (Wildman–Crippen LogP) is 3.49. The Morgan fingerprint density at radius 3 is 2.55 bits per heavy atom. The second kappa shape index (κ2) is 7.04. The summed E-state index contributed by atoms with van der Waals surface area (Å²) in [6.07, 6.45) is 0. The molecule has 2 aliphatic rings. The fourth-order valence-corrected chi connectivity index (χ4v) is 4.24. The lowest BCUT2D eigenvalue weighted by Gasteiger charge is -2.35. The molecule has 29 heavy (non-hydrogen) atoms. The molecule has 5 rings (SSSR count). The van der Waals surface area contributed by atoms with Crippen molar-refractivity contribution in [3.8, 4) is 0 Å². The van der Waals surface area contributed by atoms with Crippen LogP contribution in [-0.4, -0.2) is 46.7 Å². The third-order valence-corrected chi connectivity index (χ3v) is 5.75. The molecule has 0 radical (unpaired) electrons. The van der Waals surface area contributed by atoms with Gasteiger partial charge in [0.2, 0.25) is 5.95 Å². The molecule has 0 saturated carbocycles. The molecule has 148 valence electrons. The zero-order valence-corrected chi connectivity index (χ0v) is 16.7. The first-order valence-electron chi connectivity index (χ1n) is 10.0. The molecular formula is C23H24N4O2. The number of hydrogen-bond donors (Lipinski definition) is 1. The van der Waals surface area contributed by atoms with E-state index in [9.17, 15) is 4.79 Å². The van der Waals surface area contributed by atoms with Crippen LogP contribution >= 0.6 is 0 Å². The standard InChI is InChI=1S/C23H24N4O2/c1-15-7-9-17(10-8-15)21-20(22(28)26-11-13-29-14-12-26)16(2)24-23-25-18-5-3-4-6-19(18)27(21)23/h3-10,21H,11-14H2,1-2H3,(H,24,25)/t21-/m1/s1. The highest BCUT2D eigenvalue weighted by Crippen LogP contribution is 2.39. The number of benzene rings is 2. The van der Waals surface area contributed by atoms with Crippen molar-refractivity contribution in [2.45, 2.75) is 19.9 Å². The number of amides is 1. The number of carbonyl (C=O) groups excluding carboxylic acids is 1. The van der Waals surface area contributed by atoms with Crippen molar-refractivity contribution in [2.24, 2.45) is 0 Å². The van der Waals surface area contributed by atoms with Gasteiger partial charge in [0, 0.05) is 18.8 Å². The van der Waals surface area contributed by atoms with Gasteiger partial charge in [-0.2, -0.15) is 0 Å². The number of hydrogen-bond acceptors (Lipinski definition) is 4. The van der Waals surface area contributed by atoms with Crippen LogP contribution in [-0.2, 0) is 9.53 Å². The number of aryl methyl sites for hydroxylation is 1. The van der Waals surface area contributed by atoms with E-state index < -0.39 is 0 Å². The lowest BCUT2D eigenvalue weighted by Crippen LogP contribution is -2.44. The van der Waals surface area contributed by atoms with Gasteiger partial charge in [0.15, 0.2) is 0 Å². The highest BCUT2D eigenvalue weighted by molar-refractivity contribution is 5.98. The van der Waals surface area contributed by atoms with Crippen molar-refractivity contribution in [3.63, 3.8) is 0 Å². The average Bonchev–Trinajstić information content (AvgIpc) is 3.11. The molecule has 6 nitrogen and oxygen atoms in total. The molecule has 1 amide bonds. The van der Waals surface area contributed by atoms with Gasteiger partial charge in [-0.3, -0.25) is 9.36 Å². The molecule has 3 heterocycles. The monoisotopic (exact) mass is 388 g/mol. The van der Waals surface area contributed by atoms with E-state index >= 15 is 0 Å². The van der Waals surface area contributed by atoms with E-state index in [1.54, 1.807) is 0 Å². The first-order chi connectivity index (χ1) is 14.1. The van der Waals surface area contributed by atoms with Crippen molar-refractivity contribution < 1.29 is 9.53 Å². The smallest absolute Gasteiger partial charge is 0.254 e. The number of allylic oxidation sites excluding steroid dienone is 1. The van der Waals surface area contributed by atoms with Crippen LogP contribution in [0, 0.1) is 6.92 Å². The second-order valence-corrected chi connectivity index (χ2v) is 7.68. The normalized spacial score (nSPS) is 19.2. The number of fused-ring (bicyclic) bond motifs is 3. The zero-order valence-electron chi connectivity index (χ0n) is 16.7. The lowest BCUT2D eigenvalue weighted by molar-refractivity contribution is -0.131. The number of imidazole rings is 1. The molecule has 2 aliphatic heterocycles. The van der Waals surface area contributed by atoms with Crippen LogP contribution in [0.4, 0.5) is 5.95 Å². The number of para-hydroxylation sites is 2. The molecule has 1 N–H and O–H groups in total. The van der Waals surface area contributed by atoms with Crippen LogP contribution in [0.1, 0.15) is 24.1 Å². The lowest BCUT2D eigenvalue weighted by atomic mass is 9.93. The Balaban J connectivity index is 1.69. The minimum absolute atomic E-state index is 0.0623. The summed E-state index contributed by atoms with van der Waals surface area (Å²) in [5.41, 5.74) is 5.83. The van der Waals surface area contributed by atoms with Crippen molar-refractivity contribution in [2.75, 3.05) is 31.6 Å². The molecule has 0 unspecified atom stereocenters. The van der Waals surface area contributed by atoms with E-state index in [-0.39, 0.29) is 11.9 Å². The highest BCUT2D eigenvalue weighted by atomic mass is 16.5. The SMILES string of the molecule is CC1=C(C(=O)N2CCOCC2)[C@@H](c2ccc(C)cc2)n2c(nc3ccccc32)N1. The van der Waals surface area contributed by atoms with Crippen molar-refractivity contribution in [1.29, 1.82) is 0 Å². The largest absolute Gasteiger partial charge is 0.378 e. The quantitative estimate of drug-likeness (QED) is 0.730. The second-order valence-electron chi connectivity index (χ2n) is 7.68. The summed E-state index contributed by atoms with van der Waals surface area (Å²) < 4.78 is 7.60. The van der Waals surface area contributed by atoms with Gasteiger partial charge in [-0.15, -0.1) is 0 Å². The molecule has 1 aromatic heterocycles. The van der Waals surface area contributed by atoms with Gasteiger partial charge in [0.1, 0.15) is 0 Å². The molecule has 1 saturated heterocycles. The number of ether oxygens (including phenoxy) is 1. The van der Waals surface area contributed by atoms with Crippen LogP contribution in [0.25, 0.3) is 11.0 Å². The zero-order chi connectivity index (χ0) is 20.0. The molecule has 1 fully saturated rings. The van der Waals surface area contributed by atoms with Crippen molar-refractivity contribution >= 4 is 22.9 Å². The molecule has 6 heteroatoms. The van der Waals surface area contributed by atoms with Gasteiger partial charge in [-0.25, -0.2) is 4.98 Å².